The van der Waals surface area contributed by atoms with Gasteiger partial charge in [0.25, 0.3) is 0 Å². The minimum atomic E-state index is -1.79. The average Bonchev–Trinajstić information content (AvgIpc) is 3.04. The molecule has 3 rings (SSSR count). The Morgan fingerprint density at radius 3 is 1.80 bits per heavy atom. The Bertz CT molecular complexity index is 1070. The summed E-state index contributed by atoms with van der Waals surface area (Å²) >= 11 is 0. The molecule has 5 nitrogen and oxygen atoms in total. The lowest BCUT2D eigenvalue weighted by Crippen LogP contribution is -2.59. The maximum Gasteiger partial charge on any atom is 0.373 e. The molecule has 0 saturated heterocycles. The molecule has 0 spiro atoms. The van der Waals surface area contributed by atoms with Crippen LogP contribution in [0.2, 0.25) is 41.4 Å². The maximum atomic E-state index is 13.0. The van der Waals surface area contributed by atoms with Crippen LogP contribution in [0.3, 0.4) is 0 Å². The first kappa shape index (κ1) is 33.1. The van der Waals surface area contributed by atoms with Gasteiger partial charge < -0.3 is 18.9 Å². The van der Waals surface area contributed by atoms with Gasteiger partial charge >= 0.3 is 5.97 Å². The second-order valence-corrected chi connectivity index (χ2v) is 23.0. The summed E-state index contributed by atoms with van der Waals surface area (Å²) in [4.78, 5) is 13.0. The molecule has 0 amide bonds. The van der Waals surface area contributed by atoms with Crippen LogP contribution in [0, 0.1) is 5.92 Å². The van der Waals surface area contributed by atoms with Crippen LogP contribution in [0.4, 0.5) is 0 Å². The summed E-state index contributed by atoms with van der Waals surface area (Å²) in [5.41, 5.74) is 2.26. The van der Waals surface area contributed by atoms with E-state index in [2.05, 4.69) is 71.9 Å². The summed E-state index contributed by atoms with van der Waals surface area (Å²) in [5, 5.41) is 0.566. The van der Waals surface area contributed by atoms with E-state index in [0.29, 0.717) is 11.8 Å². The normalized spacial score (nSPS) is 19.4. The van der Waals surface area contributed by atoms with Crippen LogP contribution in [-0.2, 0) is 25.6 Å². The molecule has 0 unspecified atom stereocenters. The van der Waals surface area contributed by atoms with Gasteiger partial charge in [0.2, 0.25) is 12.0 Å². The molecular formula is C34H52O5Si2. The standard InChI is InChI=1S/C34H52O5Si2/c1-9-40(10-2,11-3)34(41(12-4,13-5)14-6)31-29(27-18-16-15-17-19-27)24-30(32(35)37-8)39-33(31)38-25-26-20-22-28(36-7)23-21-26/h15-24,29,31,33-34H,9-14,25H2,1-8H3/t29-,31-,33+/m1/s1. The highest BCUT2D eigenvalue weighted by Gasteiger charge is 2.57. The smallest absolute Gasteiger partial charge is 0.373 e. The molecule has 0 radical (unpaired) electrons. The van der Waals surface area contributed by atoms with E-state index in [1.165, 1.54) is 48.9 Å². The highest BCUT2D eigenvalue weighted by Crippen LogP contribution is 2.56. The second-order valence-electron chi connectivity index (χ2n) is 11.5. The molecule has 0 saturated carbocycles. The molecule has 3 atom stereocenters. The van der Waals surface area contributed by atoms with E-state index >= 15 is 0 Å². The number of hydrogen-bond donors (Lipinski definition) is 0. The molecule has 0 N–H and O–H groups in total. The molecule has 1 heterocycles. The minimum Gasteiger partial charge on any atom is -0.497 e. The van der Waals surface area contributed by atoms with Crippen molar-refractivity contribution < 1.29 is 23.7 Å². The van der Waals surface area contributed by atoms with Crippen molar-refractivity contribution in [2.24, 2.45) is 5.92 Å². The van der Waals surface area contributed by atoms with Crippen LogP contribution in [0.25, 0.3) is 0 Å². The monoisotopic (exact) mass is 596 g/mol. The molecule has 226 valence electrons. The fourth-order valence-electron chi connectivity index (χ4n) is 7.59. The molecule has 0 bridgehead atoms. The SMILES string of the molecule is CC[Si](CC)(CC)C([C@H]1[C@@H](OCc2ccc(OC)cc2)OC(C(=O)OC)=C[C@@H]1c1ccccc1)[Si](CC)(CC)CC. The Hall–Kier alpha value is -2.36. The van der Waals surface area contributed by atoms with Gasteiger partial charge in [0.05, 0.1) is 37.0 Å². The molecule has 7 heteroatoms. The van der Waals surface area contributed by atoms with Gasteiger partial charge in [-0.2, -0.15) is 0 Å². The average molecular weight is 597 g/mol. The number of hydrogen-bond acceptors (Lipinski definition) is 5. The highest BCUT2D eigenvalue weighted by molar-refractivity contribution is 6.99. The summed E-state index contributed by atoms with van der Waals surface area (Å²) in [6.07, 6.45) is 1.49. The van der Waals surface area contributed by atoms with E-state index in [1.807, 2.05) is 30.3 Å². The van der Waals surface area contributed by atoms with E-state index in [1.54, 1.807) is 7.11 Å². The number of carbonyl (C=O) groups is 1. The van der Waals surface area contributed by atoms with Crippen molar-refractivity contribution >= 4 is 22.1 Å². The van der Waals surface area contributed by atoms with Crippen LogP contribution >= 0.6 is 0 Å². The number of methoxy groups -OCH3 is 2. The Morgan fingerprint density at radius 1 is 0.805 bits per heavy atom. The lowest BCUT2D eigenvalue weighted by molar-refractivity contribution is -0.178. The van der Waals surface area contributed by atoms with Crippen molar-refractivity contribution in [3.63, 3.8) is 0 Å². The fraction of sp³-hybridized carbons (Fsp3) is 0.559. The summed E-state index contributed by atoms with van der Waals surface area (Å²) in [6.45, 7) is 15.0. The van der Waals surface area contributed by atoms with E-state index in [-0.39, 0.29) is 17.6 Å². The van der Waals surface area contributed by atoms with Gasteiger partial charge in [-0.25, -0.2) is 4.79 Å². The summed E-state index contributed by atoms with van der Waals surface area (Å²) in [7, 11) is -0.486. The summed E-state index contributed by atoms with van der Waals surface area (Å²) in [6, 6.07) is 26.1. The van der Waals surface area contributed by atoms with E-state index in [0.717, 1.165) is 11.3 Å². The molecule has 2 aromatic carbocycles. The predicted molar refractivity (Wildman–Crippen MR) is 174 cm³/mol. The Balaban J connectivity index is 2.26. The van der Waals surface area contributed by atoms with Crippen molar-refractivity contribution in [3.05, 3.63) is 77.6 Å². The van der Waals surface area contributed by atoms with E-state index in [9.17, 15) is 4.79 Å². The molecule has 1 aliphatic rings. The van der Waals surface area contributed by atoms with Gasteiger partial charge in [-0.1, -0.05) is 120 Å². The molecular weight excluding hydrogens is 545 g/mol. The molecule has 41 heavy (non-hydrogen) atoms. The van der Waals surface area contributed by atoms with Crippen LogP contribution in [0.1, 0.15) is 58.6 Å². The lowest BCUT2D eigenvalue weighted by atomic mass is 9.84. The molecule has 0 aliphatic carbocycles. The number of esters is 1. The third kappa shape index (κ3) is 7.00. The number of allylic oxidation sites excluding steroid dienone is 1. The second kappa shape index (κ2) is 15.2. The van der Waals surface area contributed by atoms with Crippen molar-refractivity contribution in [1.82, 2.24) is 0 Å². The maximum absolute atomic E-state index is 13.0. The Labute approximate surface area is 250 Å². The summed E-state index contributed by atoms with van der Waals surface area (Å²) < 4.78 is 23.9. The van der Waals surface area contributed by atoms with Gasteiger partial charge in [0.15, 0.2) is 0 Å². The fourth-order valence-corrected chi connectivity index (χ4v) is 24.5. The van der Waals surface area contributed by atoms with Crippen LogP contribution in [0.5, 0.6) is 5.75 Å². The minimum absolute atomic E-state index is 0.00188. The molecule has 0 aromatic heterocycles. The number of rotatable bonds is 15. The zero-order chi connectivity index (χ0) is 30.0. The number of ether oxygens (including phenoxy) is 4. The predicted octanol–water partition coefficient (Wildman–Crippen LogP) is 8.95. The van der Waals surface area contributed by atoms with Crippen LogP contribution in [0.15, 0.2) is 66.4 Å². The molecule has 1 aliphatic heterocycles. The zero-order valence-corrected chi connectivity index (χ0v) is 28.6. The first-order valence-corrected chi connectivity index (χ1v) is 21.0. The van der Waals surface area contributed by atoms with Gasteiger partial charge in [0, 0.05) is 11.8 Å². The first-order valence-electron chi connectivity index (χ1n) is 15.6. The van der Waals surface area contributed by atoms with Gasteiger partial charge in [-0.05, 0) is 34.5 Å². The van der Waals surface area contributed by atoms with Gasteiger partial charge in [0.1, 0.15) is 5.75 Å². The number of carbonyl (C=O) groups excluding carboxylic acids is 1. The van der Waals surface area contributed by atoms with Gasteiger partial charge in [-0.15, -0.1) is 0 Å². The zero-order valence-electron chi connectivity index (χ0n) is 26.6. The molecule has 0 fully saturated rings. The summed E-state index contributed by atoms with van der Waals surface area (Å²) in [5.74, 6) is 0.730. The molecule has 2 aromatic rings. The third-order valence-electron chi connectivity index (χ3n) is 10.4. The van der Waals surface area contributed by atoms with Crippen LogP contribution in [-0.4, -0.2) is 42.6 Å². The first-order chi connectivity index (χ1) is 19.8. The Morgan fingerprint density at radius 2 is 1.34 bits per heavy atom. The van der Waals surface area contributed by atoms with Crippen LogP contribution < -0.4 is 4.74 Å². The van der Waals surface area contributed by atoms with Crippen molar-refractivity contribution in [2.45, 2.75) is 102 Å². The van der Waals surface area contributed by atoms with Crippen molar-refractivity contribution in [2.75, 3.05) is 14.2 Å². The van der Waals surface area contributed by atoms with Crippen molar-refractivity contribution in [3.8, 4) is 5.75 Å². The van der Waals surface area contributed by atoms with E-state index in [4.69, 9.17) is 18.9 Å². The van der Waals surface area contributed by atoms with E-state index < -0.39 is 28.4 Å². The van der Waals surface area contributed by atoms with Crippen molar-refractivity contribution in [1.29, 1.82) is 0 Å². The lowest BCUT2D eigenvalue weighted by Gasteiger charge is -2.55. The van der Waals surface area contributed by atoms with Gasteiger partial charge in [-0.3, -0.25) is 0 Å². The largest absolute Gasteiger partial charge is 0.497 e. The topological polar surface area (TPSA) is 54.0 Å². The quantitative estimate of drug-likeness (QED) is 0.152. The third-order valence-corrected chi connectivity index (χ3v) is 25.9. The number of benzene rings is 2. The highest BCUT2D eigenvalue weighted by atomic mass is 28.4. The Kier molecular flexibility index (Phi) is 12.3.